The highest BCUT2D eigenvalue weighted by atomic mass is 127. The van der Waals surface area contributed by atoms with Gasteiger partial charge in [-0.15, -0.1) is 0 Å². The molecule has 1 unspecified atom stereocenters. The zero-order valence-electron chi connectivity index (χ0n) is 7.70. The summed E-state index contributed by atoms with van der Waals surface area (Å²) in [4.78, 5) is 1.95. The zero-order valence-corrected chi connectivity index (χ0v) is 11.4. The second kappa shape index (κ2) is 4.76. The minimum Gasteiger partial charge on any atom is -0.325 e. The second-order valence-corrected chi connectivity index (χ2v) is 5.15. The SMILES string of the molecule is ClC1=CN(c2ccccc2I)C(Cl)C=C1. The summed E-state index contributed by atoms with van der Waals surface area (Å²) in [6, 6.07) is 8.05. The lowest BCUT2D eigenvalue weighted by Crippen LogP contribution is -2.26. The number of benzene rings is 1. The fourth-order valence-corrected chi connectivity index (χ4v) is 2.45. The molecule has 1 nitrogen and oxygen atoms in total. The Morgan fingerprint density at radius 1 is 1.27 bits per heavy atom. The van der Waals surface area contributed by atoms with Gasteiger partial charge in [0.2, 0.25) is 0 Å². The van der Waals surface area contributed by atoms with Gasteiger partial charge in [0.25, 0.3) is 0 Å². The third kappa shape index (κ3) is 2.49. The van der Waals surface area contributed by atoms with Crippen molar-refractivity contribution in [2.75, 3.05) is 4.90 Å². The Kier molecular flexibility index (Phi) is 3.59. The number of anilines is 1. The average molecular weight is 352 g/mol. The van der Waals surface area contributed by atoms with E-state index in [4.69, 9.17) is 23.2 Å². The van der Waals surface area contributed by atoms with Gasteiger partial charge in [0.15, 0.2) is 0 Å². The molecule has 0 aliphatic carbocycles. The first kappa shape index (κ1) is 11.3. The lowest BCUT2D eigenvalue weighted by atomic mass is 10.2. The Morgan fingerprint density at radius 2 is 2.00 bits per heavy atom. The average Bonchev–Trinajstić information content (AvgIpc) is 2.23. The van der Waals surface area contributed by atoms with E-state index in [9.17, 15) is 0 Å². The maximum absolute atomic E-state index is 6.19. The number of para-hydroxylation sites is 1. The highest BCUT2D eigenvalue weighted by Gasteiger charge is 2.17. The van der Waals surface area contributed by atoms with Crippen LogP contribution in [0.15, 0.2) is 47.6 Å². The molecule has 1 atom stereocenters. The summed E-state index contributed by atoms with van der Waals surface area (Å²) >= 11 is 14.4. The molecule has 0 spiro atoms. The number of allylic oxidation sites excluding steroid dienone is 2. The first-order valence-electron chi connectivity index (χ1n) is 4.41. The van der Waals surface area contributed by atoms with Crippen molar-refractivity contribution in [3.63, 3.8) is 0 Å². The van der Waals surface area contributed by atoms with E-state index in [1.807, 2.05) is 47.5 Å². The first-order chi connectivity index (χ1) is 7.18. The van der Waals surface area contributed by atoms with Crippen LogP contribution in [0.2, 0.25) is 0 Å². The topological polar surface area (TPSA) is 3.24 Å². The number of hydrogen-bond acceptors (Lipinski definition) is 1. The molecule has 1 aromatic rings. The molecule has 0 bridgehead atoms. The molecule has 0 amide bonds. The van der Waals surface area contributed by atoms with Crippen LogP contribution in [-0.2, 0) is 0 Å². The van der Waals surface area contributed by atoms with Crippen LogP contribution in [-0.4, -0.2) is 5.50 Å². The molecule has 0 radical (unpaired) electrons. The molecule has 1 aliphatic rings. The van der Waals surface area contributed by atoms with Crippen molar-refractivity contribution in [2.45, 2.75) is 5.50 Å². The van der Waals surface area contributed by atoms with Crippen LogP contribution in [0.3, 0.4) is 0 Å². The molecule has 2 rings (SSSR count). The van der Waals surface area contributed by atoms with Crippen molar-refractivity contribution in [1.82, 2.24) is 0 Å². The standard InChI is InChI=1S/C11H8Cl2IN/c12-8-5-6-11(13)15(7-8)10-4-2-1-3-9(10)14/h1-7,11H. The lowest BCUT2D eigenvalue weighted by molar-refractivity contribution is 0.995. The maximum Gasteiger partial charge on any atom is 0.127 e. The first-order valence-corrected chi connectivity index (χ1v) is 6.30. The molecule has 0 fully saturated rings. The third-order valence-electron chi connectivity index (χ3n) is 2.07. The van der Waals surface area contributed by atoms with Crippen LogP contribution in [0, 0.1) is 3.57 Å². The van der Waals surface area contributed by atoms with Crippen LogP contribution in [0.4, 0.5) is 5.69 Å². The third-order valence-corrected chi connectivity index (χ3v) is 3.56. The molecular formula is C11H8Cl2IN. The number of hydrogen-bond donors (Lipinski definition) is 0. The fourth-order valence-electron chi connectivity index (χ4n) is 1.37. The van der Waals surface area contributed by atoms with Crippen LogP contribution in [0.25, 0.3) is 0 Å². The van der Waals surface area contributed by atoms with Crippen molar-refractivity contribution < 1.29 is 0 Å². The molecule has 4 heteroatoms. The van der Waals surface area contributed by atoms with Gasteiger partial charge in [0.05, 0.1) is 10.7 Å². The number of alkyl halides is 1. The fraction of sp³-hybridized carbons (Fsp3) is 0.0909. The molecule has 0 aromatic heterocycles. The molecule has 0 N–H and O–H groups in total. The highest BCUT2D eigenvalue weighted by molar-refractivity contribution is 14.1. The quantitative estimate of drug-likeness (QED) is 0.414. The molecule has 1 heterocycles. The van der Waals surface area contributed by atoms with Crippen molar-refractivity contribution in [1.29, 1.82) is 0 Å². The number of nitrogens with zero attached hydrogens (tertiary/aromatic N) is 1. The van der Waals surface area contributed by atoms with Gasteiger partial charge in [-0.2, -0.15) is 0 Å². The summed E-state index contributed by atoms with van der Waals surface area (Å²) in [7, 11) is 0. The molecule has 78 valence electrons. The van der Waals surface area contributed by atoms with Crippen molar-refractivity contribution in [3.05, 3.63) is 51.2 Å². The molecule has 0 saturated heterocycles. The number of rotatable bonds is 1. The van der Waals surface area contributed by atoms with Crippen LogP contribution < -0.4 is 4.90 Å². The summed E-state index contributed by atoms with van der Waals surface area (Å²) in [6.07, 6.45) is 5.52. The van der Waals surface area contributed by atoms with Crippen molar-refractivity contribution in [3.8, 4) is 0 Å². The van der Waals surface area contributed by atoms with E-state index in [2.05, 4.69) is 22.6 Å². The van der Waals surface area contributed by atoms with Gasteiger partial charge in [-0.05, 0) is 46.9 Å². The van der Waals surface area contributed by atoms with E-state index in [0.29, 0.717) is 5.03 Å². The van der Waals surface area contributed by atoms with Gasteiger partial charge in [-0.1, -0.05) is 35.3 Å². The minimum atomic E-state index is -0.177. The summed E-state index contributed by atoms with van der Waals surface area (Å²) < 4.78 is 1.15. The Balaban J connectivity index is 2.39. The second-order valence-electron chi connectivity index (χ2n) is 3.10. The largest absolute Gasteiger partial charge is 0.325 e. The van der Waals surface area contributed by atoms with Crippen LogP contribution in [0.5, 0.6) is 0 Å². The van der Waals surface area contributed by atoms with E-state index in [1.54, 1.807) is 0 Å². The smallest absolute Gasteiger partial charge is 0.127 e. The normalized spacial score (nSPS) is 20.3. The minimum absolute atomic E-state index is 0.177. The van der Waals surface area contributed by atoms with Gasteiger partial charge in [0, 0.05) is 9.77 Å². The Hall–Kier alpha value is -0.190. The molecule has 1 aliphatic heterocycles. The Labute approximate surface area is 112 Å². The maximum atomic E-state index is 6.19. The van der Waals surface area contributed by atoms with Crippen LogP contribution in [0.1, 0.15) is 0 Å². The predicted molar refractivity (Wildman–Crippen MR) is 74.4 cm³/mol. The summed E-state index contributed by atoms with van der Waals surface area (Å²) in [5.74, 6) is 0. The lowest BCUT2D eigenvalue weighted by Gasteiger charge is -2.27. The van der Waals surface area contributed by atoms with Gasteiger partial charge < -0.3 is 4.90 Å². The van der Waals surface area contributed by atoms with Gasteiger partial charge in [-0.3, -0.25) is 0 Å². The monoisotopic (exact) mass is 351 g/mol. The summed E-state index contributed by atoms with van der Waals surface area (Å²) in [6.45, 7) is 0. The van der Waals surface area contributed by atoms with E-state index < -0.39 is 0 Å². The van der Waals surface area contributed by atoms with Crippen LogP contribution >= 0.6 is 45.8 Å². The van der Waals surface area contributed by atoms with E-state index in [-0.39, 0.29) is 5.50 Å². The highest BCUT2D eigenvalue weighted by Crippen LogP contribution is 2.29. The Morgan fingerprint density at radius 3 is 2.73 bits per heavy atom. The Bertz CT molecular complexity index is 428. The van der Waals surface area contributed by atoms with Gasteiger partial charge in [0.1, 0.15) is 5.50 Å². The summed E-state index contributed by atoms with van der Waals surface area (Å²) in [5.41, 5.74) is 0.893. The van der Waals surface area contributed by atoms with Crippen molar-refractivity contribution >= 4 is 51.5 Å². The molecule has 1 aromatic carbocycles. The molecule has 0 saturated carbocycles. The zero-order chi connectivity index (χ0) is 10.8. The summed E-state index contributed by atoms with van der Waals surface area (Å²) in [5, 5.41) is 0.687. The van der Waals surface area contributed by atoms with Crippen molar-refractivity contribution in [2.24, 2.45) is 0 Å². The predicted octanol–water partition coefficient (Wildman–Crippen LogP) is 4.31. The van der Waals surface area contributed by atoms with E-state index in [1.165, 1.54) is 0 Å². The van der Waals surface area contributed by atoms with E-state index >= 15 is 0 Å². The van der Waals surface area contributed by atoms with Gasteiger partial charge >= 0.3 is 0 Å². The van der Waals surface area contributed by atoms with Gasteiger partial charge in [-0.25, -0.2) is 0 Å². The molecule has 15 heavy (non-hydrogen) atoms. The molecular weight excluding hydrogens is 344 g/mol. The number of halogens is 3. The van der Waals surface area contributed by atoms with E-state index in [0.717, 1.165) is 9.26 Å².